The van der Waals surface area contributed by atoms with E-state index in [1.54, 1.807) is 4.90 Å². The number of nitrogens with zero attached hydrogens (tertiary/aromatic N) is 4. The van der Waals surface area contributed by atoms with E-state index < -0.39 is 16.9 Å². The van der Waals surface area contributed by atoms with Crippen molar-refractivity contribution in [3.05, 3.63) is 27.9 Å². The lowest BCUT2D eigenvalue weighted by molar-refractivity contribution is -0.385. The summed E-state index contributed by atoms with van der Waals surface area (Å²) in [5, 5.41) is 31.7. The van der Waals surface area contributed by atoms with Crippen LogP contribution in [-0.2, 0) is 0 Å². The molecule has 1 aromatic heterocycles. The third-order valence-corrected chi connectivity index (χ3v) is 2.89. The fraction of sp³-hybridized carbons (Fsp3) is 0.400. The zero-order valence-electron chi connectivity index (χ0n) is 9.93. The number of pyridine rings is 1. The quantitative estimate of drug-likeness (QED) is 0.224. The van der Waals surface area contributed by atoms with E-state index in [4.69, 9.17) is 10.9 Å². The minimum Gasteiger partial charge on any atom is -0.409 e. The summed E-state index contributed by atoms with van der Waals surface area (Å²) in [7, 11) is 0. The number of aliphatic hydroxyl groups is 1. The van der Waals surface area contributed by atoms with Gasteiger partial charge in [0.25, 0.3) is 5.69 Å². The van der Waals surface area contributed by atoms with Crippen molar-refractivity contribution in [2.24, 2.45) is 10.9 Å². The molecule has 0 bridgehead atoms. The summed E-state index contributed by atoms with van der Waals surface area (Å²) in [6.07, 6.45) is 0.168. The normalized spacial score (nSPS) is 19.7. The van der Waals surface area contributed by atoms with E-state index in [0.29, 0.717) is 25.3 Å². The van der Waals surface area contributed by atoms with Crippen LogP contribution in [0.2, 0.25) is 0 Å². The van der Waals surface area contributed by atoms with Gasteiger partial charge < -0.3 is 20.9 Å². The summed E-state index contributed by atoms with van der Waals surface area (Å²) in [6, 6.07) is 2.73. The Hall–Kier alpha value is -2.42. The first-order valence-corrected chi connectivity index (χ1v) is 5.59. The monoisotopic (exact) mass is 267 g/mol. The number of hydrogen-bond donors (Lipinski definition) is 3. The molecule has 1 unspecified atom stereocenters. The first-order valence-electron chi connectivity index (χ1n) is 5.59. The van der Waals surface area contributed by atoms with Crippen LogP contribution in [0.3, 0.4) is 0 Å². The molecule has 1 aliphatic heterocycles. The maximum atomic E-state index is 10.8. The molecular formula is C10H13N5O4. The Labute approximate surface area is 108 Å². The van der Waals surface area contributed by atoms with Crippen molar-refractivity contribution >= 4 is 17.3 Å². The van der Waals surface area contributed by atoms with Crippen molar-refractivity contribution in [2.45, 2.75) is 12.5 Å². The van der Waals surface area contributed by atoms with Gasteiger partial charge in [-0.25, -0.2) is 4.98 Å². The summed E-state index contributed by atoms with van der Waals surface area (Å²) >= 11 is 0. The number of oxime groups is 1. The van der Waals surface area contributed by atoms with Gasteiger partial charge in [0.1, 0.15) is 5.82 Å². The van der Waals surface area contributed by atoms with Crippen LogP contribution in [0.15, 0.2) is 17.3 Å². The second kappa shape index (κ2) is 5.06. The average Bonchev–Trinajstić information content (AvgIpc) is 2.83. The molecule has 1 fully saturated rings. The third-order valence-electron chi connectivity index (χ3n) is 2.89. The van der Waals surface area contributed by atoms with Crippen LogP contribution in [-0.4, -0.2) is 45.3 Å². The molecule has 0 aliphatic carbocycles. The Balaban J connectivity index is 2.41. The number of aliphatic hydroxyl groups excluding tert-OH is 1. The number of aromatic nitrogens is 1. The lowest BCUT2D eigenvalue weighted by Crippen LogP contribution is -2.24. The summed E-state index contributed by atoms with van der Waals surface area (Å²) in [5.41, 5.74) is 4.87. The molecule has 4 N–H and O–H groups in total. The molecule has 1 atom stereocenters. The second-order valence-corrected chi connectivity index (χ2v) is 4.17. The lowest BCUT2D eigenvalue weighted by atomic mass is 10.2. The van der Waals surface area contributed by atoms with Crippen LogP contribution in [0.1, 0.15) is 12.1 Å². The van der Waals surface area contributed by atoms with Crippen molar-refractivity contribution in [3.8, 4) is 0 Å². The SMILES string of the molecule is N/C(=N/O)c1nc(N2CCC(O)C2)ccc1[N+](=O)[O-]. The summed E-state index contributed by atoms with van der Waals surface area (Å²) < 4.78 is 0. The molecule has 0 amide bonds. The first kappa shape index (κ1) is 13.0. The van der Waals surface area contributed by atoms with Crippen molar-refractivity contribution in [2.75, 3.05) is 18.0 Å². The van der Waals surface area contributed by atoms with E-state index in [1.807, 2.05) is 0 Å². The second-order valence-electron chi connectivity index (χ2n) is 4.17. The molecule has 102 valence electrons. The molecule has 1 aliphatic rings. The highest BCUT2D eigenvalue weighted by Crippen LogP contribution is 2.23. The van der Waals surface area contributed by atoms with Gasteiger partial charge in [0.2, 0.25) is 0 Å². The zero-order chi connectivity index (χ0) is 14.0. The van der Waals surface area contributed by atoms with Gasteiger partial charge in [-0.05, 0) is 12.5 Å². The average molecular weight is 267 g/mol. The molecule has 2 heterocycles. The minimum atomic E-state index is -0.650. The standard InChI is InChI=1S/C10H13N5O4/c11-10(13-17)9-7(15(18)19)1-2-8(12-9)14-4-3-6(16)5-14/h1-2,6,16-17H,3-5H2,(H2,11,13). The smallest absolute Gasteiger partial charge is 0.298 e. The number of nitrogens with two attached hydrogens (primary N) is 1. The highest BCUT2D eigenvalue weighted by Gasteiger charge is 2.25. The molecule has 2 rings (SSSR count). The van der Waals surface area contributed by atoms with Gasteiger partial charge in [-0.3, -0.25) is 10.1 Å². The molecule has 0 aromatic carbocycles. The predicted octanol–water partition coefficient (Wildman–Crippen LogP) is -0.345. The Bertz CT molecular complexity index is 533. The minimum absolute atomic E-state index is 0.189. The number of rotatable bonds is 3. The van der Waals surface area contributed by atoms with E-state index in [9.17, 15) is 15.2 Å². The van der Waals surface area contributed by atoms with Crippen molar-refractivity contribution in [3.63, 3.8) is 0 Å². The van der Waals surface area contributed by atoms with E-state index in [2.05, 4.69) is 10.1 Å². The molecular weight excluding hydrogens is 254 g/mol. The van der Waals surface area contributed by atoms with Gasteiger partial charge in [0, 0.05) is 19.2 Å². The highest BCUT2D eigenvalue weighted by atomic mass is 16.6. The Morgan fingerprint density at radius 1 is 1.63 bits per heavy atom. The van der Waals surface area contributed by atoms with E-state index in [0.717, 1.165) is 0 Å². The molecule has 9 nitrogen and oxygen atoms in total. The van der Waals surface area contributed by atoms with E-state index in [1.165, 1.54) is 12.1 Å². The van der Waals surface area contributed by atoms with Crippen LogP contribution < -0.4 is 10.6 Å². The lowest BCUT2D eigenvalue weighted by Gasteiger charge is -2.16. The van der Waals surface area contributed by atoms with E-state index in [-0.39, 0.29) is 11.4 Å². The molecule has 0 radical (unpaired) electrons. The largest absolute Gasteiger partial charge is 0.409 e. The molecule has 19 heavy (non-hydrogen) atoms. The molecule has 1 aromatic rings. The number of amidine groups is 1. The van der Waals surface area contributed by atoms with Gasteiger partial charge >= 0.3 is 0 Å². The first-order chi connectivity index (χ1) is 9.02. The maximum absolute atomic E-state index is 10.8. The topological polar surface area (TPSA) is 138 Å². The molecule has 9 heteroatoms. The highest BCUT2D eigenvalue weighted by molar-refractivity contribution is 5.99. The summed E-state index contributed by atoms with van der Waals surface area (Å²) in [5.74, 6) is 0.0250. The molecule has 1 saturated heterocycles. The molecule has 0 saturated carbocycles. The third kappa shape index (κ3) is 2.55. The molecule has 0 spiro atoms. The Kier molecular flexibility index (Phi) is 3.47. The Morgan fingerprint density at radius 3 is 2.89 bits per heavy atom. The van der Waals surface area contributed by atoms with Crippen molar-refractivity contribution in [1.29, 1.82) is 0 Å². The number of anilines is 1. The van der Waals surface area contributed by atoms with E-state index >= 15 is 0 Å². The number of β-amino-alcohol motifs (C(OH)–C–C–N with tert-alkyl or cyclic N) is 1. The van der Waals surface area contributed by atoms with Crippen LogP contribution in [0.25, 0.3) is 0 Å². The predicted molar refractivity (Wildman–Crippen MR) is 66.2 cm³/mol. The maximum Gasteiger partial charge on any atom is 0.298 e. The summed E-state index contributed by atoms with van der Waals surface area (Å²) in [4.78, 5) is 16.0. The van der Waals surface area contributed by atoms with Gasteiger partial charge in [-0.2, -0.15) is 0 Å². The number of hydrogen-bond acceptors (Lipinski definition) is 7. The van der Waals surface area contributed by atoms with Crippen molar-refractivity contribution in [1.82, 2.24) is 4.98 Å². The fourth-order valence-electron chi connectivity index (χ4n) is 1.95. The van der Waals surface area contributed by atoms with Crippen LogP contribution >= 0.6 is 0 Å². The van der Waals surface area contributed by atoms with Crippen LogP contribution in [0.4, 0.5) is 11.5 Å². The van der Waals surface area contributed by atoms with Crippen molar-refractivity contribution < 1.29 is 15.2 Å². The van der Waals surface area contributed by atoms with Gasteiger partial charge in [-0.1, -0.05) is 5.16 Å². The Morgan fingerprint density at radius 2 is 2.37 bits per heavy atom. The fourth-order valence-corrected chi connectivity index (χ4v) is 1.95. The van der Waals surface area contributed by atoms with Gasteiger partial charge in [0.15, 0.2) is 11.5 Å². The van der Waals surface area contributed by atoms with Gasteiger partial charge in [-0.15, -0.1) is 0 Å². The van der Waals surface area contributed by atoms with Crippen LogP contribution in [0, 0.1) is 10.1 Å². The van der Waals surface area contributed by atoms with Crippen LogP contribution in [0.5, 0.6) is 0 Å². The zero-order valence-corrected chi connectivity index (χ0v) is 9.93. The van der Waals surface area contributed by atoms with Gasteiger partial charge in [0.05, 0.1) is 11.0 Å². The number of nitro groups is 1. The summed E-state index contributed by atoms with van der Waals surface area (Å²) in [6.45, 7) is 1.00.